The molecule has 248 valence electrons. The van der Waals surface area contributed by atoms with Crippen molar-refractivity contribution in [1.29, 1.82) is 0 Å². The first-order valence-electron chi connectivity index (χ1n) is 16.4. The summed E-state index contributed by atoms with van der Waals surface area (Å²) in [5, 5.41) is 15.7. The maximum atomic E-state index is 14.7. The number of hydrogen-bond acceptors (Lipinski definition) is 5. The predicted octanol–water partition coefficient (Wildman–Crippen LogP) is 7.38. The van der Waals surface area contributed by atoms with Gasteiger partial charge in [-0.3, -0.25) is 9.59 Å². The first-order valence-corrected chi connectivity index (χ1v) is 16.4. The standard InChI is InChI=1S/C38H51N3O5/c1-6-7-8-9-10-14-25-41(34(31-21-17-28(2)18-22-31)35(43)39-27-30-15-12-11-13-16-30)36(44)33(40-37(45)46-38(3,4)5)26-29-19-23-32(42)24-20-29/h11-13,15-24,33-34,42H,6-10,14,25-27H2,1-5H3,(H,39,43)(H,40,45). The van der Waals surface area contributed by atoms with Gasteiger partial charge in [0.15, 0.2) is 0 Å². The van der Waals surface area contributed by atoms with Gasteiger partial charge in [-0.15, -0.1) is 0 Å². The minimum absolute atomic E-state index is 0.103. The molecule has 0 aliphatic rings. The van der Waals surface area contributed by atoms with Crippen molar-refractivity contribution in [3.8, 4) is 5.75 Å². The largest absolute Gasteiger partial charge is 0.508 e. The van der Waals surface area contributed by atoms with Crippen LogP contribution in [0.2, 0.25) is 0 Å². The van der Waals surface area contributed by atoms with Gasteiger partial charge in [0.05, 0.1) is 0 Å². The number of phenols is 1. The molecule has 0 bridgehead atoms. The molecule has 2 unspecified atom stereocenters. The highest BCUT2D eigenvalue weighted by Crippen LogP contribution is 2.25. The van der Waals surface area contributed by atoms with Crippen LogP contribution in [0.1, 0.15) is 94.5 Å². The molecule has 0 spiro atoms. The zero-order chi connectivity index (χ0) is 33.5. The van der Waals surface area contributed by atoms with Crippen LogP contribution in [0, 0.1) is 6.92 Å². The van der Waals surface area contributed by atoms with Crippen LogP contribution >= 0.6 is 0 Å². The first kappa shape index (κ1) is 36.1. The molecule has 2 atom stereocenters. The third kappa shape index (κ3) is 12.2. The van der Waals surface area contributed by atoms with Crippen LogP contribution < -0.4 is 10.6 Å². The smallest absolute Gasteiger partial charge is 0.408 e. The fraction of sp³-hybridized carbons (Fsp3) is 0.447. The molecule has 3 amide bonds. The third-order valence-electron chi connectivity index (χ3n) is 7.66. The summed E-state index contributed by atoms with van der Waals surface area (Å²) in [6, 6.07) is 21.9. The van der Waals surface area contributed by atoms with Crippen molar-refractivity contribution in [3.63, 3.8) is 0 Å². The zero-order valence-electron chi connectivity index (χ0n) is 28.1. The Kier molecular flexibility index (Phi) is 14.1. The molecule has 0 heterocycles. The summed E-state index contributed by atoms with van der Waals surface area (Å²) >= 11 is 0. The molecule has 3 aromatic carbocycles. The number of carbonyl (C=O) groups is 3. The number of carbonyl (C=O) groups excluding carboxylic acids is 3. The number of rotatable bonds is 16. The van der Waals surface area contributed by atoms with Crippen LogP contribution in [0.3, 0.4) is 0 Å². The lowest BCUT2D eigenvalue weighted by Gasteiger charge is -2.35. The summed E-state index contributed by atoms with van der Waals surface area (Å²) in [6.07, 6.45) is 5.51. The number of aryl methyl sites for hydroxylation is 1. The Balaban J connectivity index is 2.00. The number of nitrogens with one attached hydrogen (secondary N) is 2. The highest BCUT2D eigenvalue weighted by molar-refractivity contribution is 5.92. The first-order chi connectivity index (χ1) is 22.0. The molecule has 3 aromatic rings. The van der Waals surface area contributed by atoms with Gasteiger partial charge in [-0.2, -0.15) is 0 Å². The highest BCUT2D eigenvalue weighted by atomic mass is 16.6. The molecule has 0 radical (unpaired) electrons. The summed E-state index contributed by atoms with van der Waals surface area (Å²) in [7, 11) is 0. The SMILES string of the molecule is CCCCCCCCN(C(=O)C(Cc1ccc(O)cc1)NC(=O)OC(C)(C)C)C(C(=O)NCc1ccccc1)c1ccc(C)cc1. The van der Waals surface area contributed by atoms with E-state index in [0.717, 1.165) is 48.8 Å². The van der Waals surface area contributed by atoms with Crippen LogP contribution in [0.15, 0.2) is 78.9 Å². The molecule has 0 aromatic heterocycles. The topological polar surface area (TPSA) is 108 Å². The molecular formula is C38H51N3O5. The number of nitrogens with zero attached hydrogens (tertiary/aromatic N) is 1. The van der Waals surface area contributed by atoms with Gasteiger partial charge in [-0.25, -0.2) is 4.79 Å². The Hall–Kier alpha value is -4.33. The second-order valence-corrected chi connectivity index (χ2v) is 12.9. The van der Waals surface area contributed by atoms with E-state index in [1.54, 1.807) is 49.9 Å². The third-order valence-corrected chi connectivity index (χ3v) is 7.66. The lowest BCUT2D eigenvalue weighted by Crippen LogP contribution is -2.54. The van der Waals surface area contributed by atoms with Crippen molar-refractivity contribution in [3.05, 3.63) is 101 Å². The van der Waals surface area contributed by atoms with Crippen LogP contribution in [-0.4, -0.2) is 46.1 Å². The Bertz CT molecular complexity index is 1370. The van der Waals surface area contributed by atoms with Crippen LogP contribution in [-0.2, 0) is 27.3 Å². The fourth-order valence-corrected chi connectivity index (χ4v) is 5.25. The molecule has 0 fully saturated rings. The summed E-state index contributed by atoms with van der Waals surface area (Å²) in [5.41, 5.74) is 2.65. The van der Waals surface area contributed by atoms with E-state index in [9.17, 15) is 19.5 Å². The molecule has 0 saturated heterocycles. The van der Waals surface area contributed by atoms with Crippen molar-refractivity contribution >= 4 is 17.9 Å². The monoisotopic (exact) mass is 629 g/mol. The molecule has 46 heavy (non-hydrogen) atoms. The maximum absolute atomic E-state index is 14.7. The minimum Gasteiger partial charge on any atom is -0.508 e. The number of phenolic OH excluding ortho intramolecular Hbond substituents is 1. The lowest BCUT2D eigenvalue weighted by molar-refractivity contribution is -0.142. The van der Waals surface area contributed by atoms with Gasteiger partial charge in [-0.05, 0) is 62.9 Å². The molecule has 8 nitrogen and oxygen atoms in total. The fourth-order valence-electron chi connectivity index (χ4n) is 5.25. The maximum Gasteiger partial charge on any atom is 0.408 e. The van der Waals surface area contributed by atoms with Crippen molar-refractivity contribution < 1.29 is 24.2 Å². The second-order valence-electron chi connectivity index (χ2n) is 12.9. The van der Waals surface area contributed by atoms with Gasteiger partial charge in [0, 0.05) is 19.5 Å². The Morgan fingerprint density at radius 3 is 2.09 bits per heavy atom. The molecule has 8 heteroatoms. The number of hydrogen-bond donors (Lipinski definition) is 3. The summed E-state index contributed by atoms with van der Waals surface area (Å²) in [5.74, 6) is -0.577. The molecule has 0 aliphatic carbocycles. The Morgan fingerprint density at radius 1 is 0.826 bits per heavy atom. The van der Waals surface area contributed by atoms with Crippen molar-refractivity contribution in [1.82, 2.24) is 15.5 Å². The number of unbranched alkanes of at least 4 members (excludes halogenated alkanes) is 5. The average molecular weight is 630 g/mol. The van der Waals surface area contributed by atoms with Gasteiger partial charge >= 0.3 is 6.09 Å². The Labute approximate surface area is 274 Å². The van der Waals surface area contributed by atoms with Crippen molar-refractivity contribution in [2.24, 2.45) is 0 Å². The quantitative estimate of drug-likeness (QED) is 0.143. The highest BCUT2D eigenvalue weighted by Gasteiger charge is 2.36. The van der Waals surface area contributed by atoms with E-state index in [1.807, 2.05) is 61.5 Å². The normalized spacial score (nSPS) is 12.5. The van der Waals surface area contributed by atoms with E-state index in [1.165, 1.54) is 0 Å². The molecule has 3 N–H and O–H groups in total. The van der Waals surface area contributed by atoms with E-state index in [2.05, 4.69) is 17.6 Å². The molecule has 0 saturated carbocycles. The van der Waals surface area contributed by atoms with Crippen molar-refractivity contribution in [2.75, 3.05) is 6.54 Å². The number of ether oxygens (including phenoxy) is 1. The second kappa shape index (κ2) is 18.0. The van der Waals surface area contributed by atoms with Crippen molar-refractivity contribution in [2.45, 2.75) is 104 Å². The van der Waals surface area contributed by atoms with Crippen LogP contribution in [0.25, 0.3) is 0 Å². The van der Waals surface area contributed by atoms with Gasteiger partial charge in [0.2, 0.25) is 11.8 Å². The van der Waals surface area contributed by atoms with Gasteiger partial charge in [-0.1, -0.05) is 111 Å². The van der Waals surface area contributed by atoms with Crippen LogP contribution in [0.4, 0.5) is 4.79 Å². The minimum atomic E-state index is -1.02. The molecule has 3 rings (SSSR count). The average Bonchev–Trinajstić information content (AvgIpc) is 3.01. The number of benzene rings is 3. The van der Waals surface area contributed by atoms with E-state index in [0.29, 0.717) is 25.1 Å². The van der Waals surface area contributed by atoms with Crippen LogP contribution in [0.5, 0.6) is 5.75 Å². The predicted molar refractivity (Wildman–Crippen MR) is 182 cm³/mol. The van der Waals surface area contributed by atoms with Gasteiger partial charge in [0.1, 0.15) is 23.4 Å². The molecular weight excluding hydrogens is 578 g/mol. The van der Waals surface area contributed by atoms with Gasteiger partial charge in [0.25, 0.3) is 0 Å². The zero-order valence-corrected chi connectivity index (χ0v) is 28.1. The van der Waals surface area contributed by atoms with E-state index < -0.39 is 23.8 Å². The van der Waals surface area contributed by atoms with E-state index >= 15 is 0 Å². The summed E-state index contributed by atoms with van der Waals surface area (Å²) < 4.78 is 5.54. The van der Waals surface area contributed by atoms with Gasteiger partial charge < -0.3 is 25.4 Å². The number of amides is 3. The van der Waals surface area contributed by atoms with E-state index in [4.69, 9.17) is 4.74 Å². The number of aromatic hydroxyl groups is 1. The number of alkyl carbamates (subject to hydrolysis) is 1. The summed E-state index contributed by atoms with van der Waals surface area (Å²) in [4.78, 5) is 43.4. The summed E-state index contributed by atoms with van der Waals surface area (Å²) in [6.45, 7) is 10.1. The van der Waals surface area contributed by atoms with E-state index in [-0.39, 0.29) is 24.0 Å². The Morgan fingerprint density at radius 2 is 1.46 bits per heavy atom. The molecule has 0 aliphatic heterocycles. The lowest BCUT2D eigenvalue weighted by atomic mass is 9.98.